The van der Waals surface area contributed by atoms with Gasteiger partial charge in [0.25, 0.3) is 0 Å². The van der Waals surface area contributed by atoms with Crippen LogP contribution in [0.5, 0.6) is 0 Å². The fraction of sp³-hybridized carbons (Fsp3) is 0.286. The lowest BCUT2D eigenvalue weighted by Gasteiger charge is -2.11. The third-order valence-electron chi connectivity index (χ3n) is 1.44. The molecule has 0 aromatic carbocycles. The lowest BCUT2D eigenvalue weighted by Crippen LogP contribution is -2.24. The molecular weight excluding hydrogens is 128 g/mol. The predicted octanol–water partition coefficient (Wildman–Crippen LogP) is 0.727. The highest BCUT2D eigenvalue weighted by Gasteiger charge is 2.09. The van der Waals surface area contributed by atoms with Gasteiger partial charge in [-0.05, 0) is 6.08 Å². The molecule has 0 bridgehead atoms. The van der Waals surface area contributed by atoms with Crippen molar-refractivity contribution in [1.29, 1.82) is 5.41 Å². The molecule has 1 aliphatic rings. The van der Waals surface area contributed by atoms with Crippen molar-refractivity contribution in [1.82, 2.24) is 5.48 Å². The second-order valence-electron chi connectivity index (χ2n) is 2.17. The summed E-state index contributed by atoms with van der Waals surface area (Å²) in [4.78, 5) is 0. The van der Waals surface area contributed by atoms with Crippen molar-refractivity contribution < 1.29 is 5.21 Å². The average molecular weight is 138 g/mol. The molecule has 0 amide bonds. The van der Waals surface area contributed by atoms with Crippen LogP contribution in [0, 0.1) is 11.3 Å². The van der Waals surface area contributed by atoms with Crippen LogP contribution in [-0.4, -0.2) is 17.5 Å². The Kier molecular flexibility index (Phi) is 2.36. The Balaban J connectivity index is 2.53. The van der Waals surface area contributed by atoms with E-state index < -0.39 is 0 Å². The van der Waals surface area contributed by atoms with E-state index in [1.165, 1.54) is 0 Å². The largest absolute Gasteiger partial charge is 0.317 e. The molecule has 0 saturated heterocycles. The molecule has 0 spiro atoms. The lowest BCUT2D eigenvalue weighted by atomic mass is 9.99. The van der Waals surface area contributed by atoms with Gasteiger partial charge < -0.3 is 10.6 Å². The first kappa shape index (κ1) is 7.18. The number of hydrogen-bond acceptors (Lipinski definition) is 3. The van der Waals surface area contributed by atoms with E-state index in [0.29, 0.717) is 12.3 Å². The quantitative estimate of drug-likeness (QED) is 0.492. The molecule has 1 aliphatic carbocycles. The van der Waals surface area contributed by atoms with Crippen LogP contribution in [0.15, 0.2) is 24.3 Å². The number of allylic oxidation sites excluding steroid dienone is 3. The van der Waals surface area contributed by atoms with Gasteiger partial charge in [0.1, 0.15) is 0 Å². The van der Waals surface area contributed by atoms with Gasteiger partial charge in [-0.3, -0.25) is 0 Å². The standard InChI is InChI=1S/C7H10N2O/c8-7-4-2-1-3-6(7)5-9-10/h1-4,6,8-10H,5H2. The van der Waals surface area contributed by atoms with Gasteiger partial charge in [-0.15, -0.1) is 0 Å². The van der Waals surface area contributed by atoms with Crippen molar-refractivity contribution >= 4 is 5.71 Å². The number of nitrogens with one attached hydrogen (secondary N) is 2. The minimum absolute atomic E-state index is 0.0231. The summed E-state index contributed by atoms with van der Waals surface area (Å²) in [5.74, 6) is 0.0231. The van der Waals surface area contributed by atoms with Crippen LogP contribution >= 0.6 is 0 Å². The highest BCUT2D eigenvalue weighted by Crippen LogP contribution is 2.05. The SMILES string of the molecule is N=C1C=CC=CC1CNO. The fourth-order valence-corrected chi connectivity index (χ4v) is 0.861. The van der Waals surface area contributed by atoms with Gasteiger partial charge in [0.2, 0.25) is 0 Å². The summed E-state index contributed by atoms with van der Waals surface area (Å²) in [7, 11) is 0. The third kappa shape index (κ3) is 1.52. The molecule has 0 radical (unpaired) electrons. The maximum Gasteiger partial charge on any atom is 0.0396 e. The Bertz CT molecular complexity index is 184. The Morgan fingerprint density at radius 2 is 2.40 bits per heavy atom. The van der Waals surface area contributed by atoms with Crippen LogP contribution in [0.4, 0.5) is 0 Å². The van der Waals surface area contributed by atoms with Crippen molar-refractivity contribution in [3.05, 3.63) is 24.3 Å². The number of hydrogen-bond donors (Lipinski definition) is 3. The molecule has 0 heterocycles. The molecule has 0 aliphatic heterocycles. The summed E-state index contributed by atoms with van der Waals surface area (Å²) in [5, 5.41) is 15.7. The number of rotatable bonds is 2. The van der Waals surface area contributed by atoms with Crippen LogP contribution in [-0.2, 0) is 0 Å². The summed E-state index contributed by atoms with van der Waals surface area (Å²) >= 11 is 0. The van der Waals surface area contributed by atoms with E-state index in [9.17, 15) is 0 Å². The summed E-state index contributed by atoms with van der Waals surface area (Å²) in [6, 6.07) is 0. The van der Waals surface area contributed by atoms with Gasteiger partial charge in [0.15, 0.2) is 0 Å². The highest BCUT2D eigenvalue weighted by atomic mass is 16.5. The normalized spacial score (nSPS) is 23.7. The molecule has 0 fully saturated rings. The van der Waals surface area contributed by atoms with Crippen molar-refractivity contribution in [2.45, 2.75) is 0 Å². The molecule has 3 heteroatoms. The first-order valence-electron chi connectivity index (χ1n) is 3.15. The summed E-state index contributed by atoms with van der Waals surface area (Å²) < 4.78 is 0. The Morgan fingerprint density at radius 3 is 3.00 bits per heavy atom. The average Bonchev–Trinajstić information content (AvgIpc) is 1.94. The van der Waals surface area contributed by atoms with Gasteiger partial charge >= 0.3 is 0 Å². The smallest absolute Gasteiger partial charge is 0.0396 e. The summed E-state index contributed by atoms with van der Waals surface area (Å²) in [6.45, 7) is 0.416. The number of hydroxylamine groups is 1. The van der Waals surface area contributed by atoms with E-state index in [1.807, 2.05) is 23.7 Å². The van der Waals surface area contributed by atoms with Crippen LogP contribution in [0.1, 0.15) is 0 Å². The molecule has 54 valence electrons. The zero-order chi connectivity index (χ0) is 7.40. The van der Waals surface area contributed by atoms with Crippen LogP contribution in [0.3, 0.4) is 0 Å². The second-order valence-corrected chi connectivity index (χ2v) is 2.17. The predicted molar refractivity (Wildman–Crippen MR) is 39.3 cm³/mol. The maximum atomic E-state index is 8.33. The van der Waals surface area contributed by atoms with Gasteiger partial charge in [-0.2, -0.15) is 0 Å². The highest BCUT2D eigenvalue weighted by molar-refractivity contribution is 5.96. The molecular formula is C7H10N2O. The van der Waals surface area contributed by atoms with Crippen LogP contribution in [0.25, 0.3) is 0 Å². The Labute approximate surface area is 59.5 Å². The molecule has 1 unspecified atom stereocenters. The van der Waals surface area contributed by atoms with E-state index in [2.05, 4.69) is 0 Å². The minimum Gasteiger partial charge on any atom is -0.317 e. The van der Waals surface area contributed by atoms with Crippen molar-refractivity contribution in [2.24, 2.45) is 5.92 Å². The molecule has 0 aromatic heterocycles. The van der Waals surface area contributed by atoms with Crippen molar-refractivity contribution in [3.63, 3.8) is 0 Å². The second kappa shape index (κ2) is 3.29. The van der Waals surface area contributed by atoms with Crippen molar-refractivity contribution in [3.8, 4) is 0 Å². The Morgan fingerprint density at radius 1 is 1.60 bits per heavy atom. The molecule has 0 saturated carbocycles. The van der Waals surface area contributed by atoms with Gasteiger partial charge in [0.05, 0.1) is 0 Å². The van der Waals surface area contributed by atoms with Gasteiger partial charge in [-0.25, -0.2) is 5.48 Å². The molecule has 3 N–H and O–H groups in total. The first-order valence-corrected chi connectivity index (χ1v) is 3.15. The van der Waals surface area contributed by atoms with Crippen LogP contribution in [0.2, 0.25) is 0 Å². The van der Waals surface area contributed by atoms with E-state index in [4.69, 9.17) is 10.6 Å². The minimum atomic E-state index is 0.0231. The molecule has 1 rings (SSSR count). The molecule has 10 heavy (non-hydrogen) atoms. The third-order valence-corrected chi connectivity index (χ3v) is 1.44. The van der Waals surface area contributed by atoms with Crippen LogP contribution < -0.4 is 5.48 Å². The van der Waals surface area contributed by atoms with Gasteiger partial charge in [0, 0.05) is 18.2 Å². The topological polar surface area (TPSA) is 56.1 Å². The molecule has 0 aromatic rings. The molecule has 3 nitrogen and oxygen atoms in total. The summed E-state index contributed by atoms with van der Waals surface area (Å²) in [5.41, 5.74) is 2.57. The lowest BCUT2D eigenvalue weighted by molar-refractivity contribution is 0.163. The van der Waals surface area contributed by atoms with E-state index in [1.54, 1.807) is 6.08 Å². The van der Waals surface area contributed by atoms with E-state index >= 15 is 0 Å². The van der Waals surface area contributed by atoms with E-state index in [0.717, 1.165) is 0 Å². The van der Waals surface area contributed by atoms with Gasteiger partial charge in [-0.1, -0.05) is 18.2 Å². The Hall–Kier alpha value is -0.930. The van der Waals surface area contributed by atoms with Crippen molar-refractivity contribution in [2.75, 3.05) is 6.54 Å². The monoisotopic (exact) mass is 138 g/mol. The molecule has 1 atom stereocenters. The zero-order valence-corrected chi connectivity index (χ0v) is 5.54. The zero-order valence-electron chi connectivity index (χ0n) is 5.54. The van der Waals surface area contributed by atoms with E-state index in [-0.39, 0.29) is 5.92 Å². The maximum absolute atomic E-state index is 8.33. The summed E-state index contributed by atoms with van der Waals surface area (Å²) in [6.07, 6.45) is 7.30. The first-order chi connectivity index (χ1) is 4.84. The fourth-order valence-electron chi connectivity index (χ4n) is 0.861.